The molecule has 0 N–H and O–H groups in total. The fourth-order valence-corrected chi connectivity index (χ4v) is 4.48. The summed E-state index contributed by atoms with van der Waals surface area (Å²) in [7, 11) is 0. The minimum absolute atomic E-state index is 0.241. The molecule has 6 heteroatoms. The zero-order valence-corrected chi connectivity index (χ0v) is 23.2. The van der Waals surface area contributed by atoms with Gasteiger partial charge in [-0.2, -0.15) is 0 Å². The Morgan fingerprint density at radius 1 is 0.579 bits per heavy atom. The lowest BCUT2D eigenvalue weighted by Gasteiger charge is -2.08. The molecule has 6 nitrogen and oxygen atoms in total. The third-order valence-corrected chi connectivity index (χ3v) is 6.66. The molecule has 0 aliphatic rings. The maximum Gasteiger partial charge on any atom is 0.543 e. The molecule has 0 saturated heterocycles. The van der Waals surface area contributed by atoms with Gasteiger partial charge in [0, 0.05) is 0 Å². The Labute approximate surface area is 228 Å². The first kappa shape index (κ1) is 31.4. The molecular formula is C32H46O6. The van der Waals surface area contributed by atoms with Crippen molar-refractivity contribution in [2.45, 2.75) is 110 Å². The molecule has 0 bridgehead atoms. The highest BCUT2D eigenvalue weighted by molar-refractivity contribution is 5.96. The summed E-state index contributed by atoms with van der Waals surface area (Å²) < 4.78 is 4.96. The van der Waals surface area contributed by atoms with Crippen molar-refractivity contribution in [3.05, 3.63) is 60.2 Å². The van der Waals surface area contributed by atoms with Crippen LogP contribution in [0.15, 0.2) is 54.6 Å². The number of hydrogen-bond acceptors (Lipinski definition) is 6. The summed E-state index contributed by atoms with van der Waals surface area (Å²) >= 11 is 0. The molecule has 2 aromatic carbocycles. The molecular weight excluding hydrogens is 480 g/mol. The Hall–Kier alpha value is -2.86. The quantitative estimate of drug-likeness (QED) is 0.0697. The van der Waals surface area contributed by atoms with Gasteiger partial charge in [0.2, 0.25) is 0 Å². The summed E-state index contributed by atoms with van der Waals surface area (Å²) in [5.74, 6) is -0.768. The van der Waals surface area contributed by atoms with Crippen molar-refractivity contribution < 1.29 is 29.1 Å². The molecule has 0 fully saturated rings. The lowest BCUT2D eigenvalue weighted by atomic mass is 10.00. The van der Waals surface area contributed by atoms with E-state index in [1.807, 2.05) is 36.4 Å². The molecule has 0 heterocycles. The van der Waals surface area contributed by atoms with Gasteiger partial charge < -0.3 is 4.74 Å². The van der Waals surface area contributed by atoms with Crippen LogP contribution in [-0.4, -0.2) is 18.7 Å². The summed E-state index contributed by atoms with van der Waals surface area (Å²) in [6.45, 7) is 2.51. The first-order valence-electron chi connectivity index (χ1n) is 14.6. The molecule has 0 aliphatic carbocycles. The summed E-state index contributed by atoms with van der Waals surface area (Å²) in [4.78, 5) is 33.1. The fourth-order valence-electron chi connectivity index (χ4n) is 4.48. The minimum Gasteiger partial charge on any atom is -0.432 e. The molecule has 2 aromatic rings. The number of ether oxygens (including phenoxy) is 1. The lowest BCUT2D eigenvalue weighted by molar-refractivity contribution is -0.452. The standard InChI is InChI=1S/C32H46O6/c1-2-3-4-5-6-7-8-9-10-11-12-13-14-15-16-22-27-35-32(34)37-38-36-31(33)30-26-21-20-25-29(30)28-23-18-17-19-24-28/h17-21,23-26H,2-16,22,27H2,1H3. The largest absolute Gasteiger partial charge is 0.543 e. The summed E-state index contributed by atoms with van der Waals surface area (Å²) in [5, 5.41) is 4.36. The Kier molecular flexibility index (Phi) is 17.4. The molecule has 2 rings (SSSR count). The number of benzene rings is 2. The molecule has 38 heavy (non-hydrogen) atoms. The fraction of sp³-hybridized carbons (Fsp3) is 0.562. The van der Waals surface area contributed by atoms with E-state index in [9.17, 15) is 9.59 Å². The lowest BCUT2D eigenvalue weighted by Crippen LogP contribution is -2.13. The Morgan fingerprint density at radius 2 is 1.08 bits per heavy atom. The van der Waals surface area contributed by atoms with Crippen LogP contribution < -0.4 is 0 Å². The second-order valence-electron chi connectivity index (χ2n) is 9.84. The number of carbonyl (C=O) groups excluding carboxylic acids is 2. The Morgan fingerprint density at radius 3 is 1.66 bits per heavy atom. The van der Waals surface area contributed by atoms with Gasteiger partial charge in [-0.05, 0) is 23.6 Å². The van der Waals surface area contributed by atoms with E-state index in [4.69, 9.17) is 4.74 Å². The average Bonchev–Trinajstić information content (AvgIpc) is 2.95. The highest BCUT2D eigenvalue weighted by Gasteiger charge is 2.16. The monoisotopic (exact) mass is 526 g/mol. The van der Waals surface area contributed by atoms with E-state index in [1.165, 1.54) is 83.5 Å². The van der Waals surface area contributed by atoms with Gasteiger partial charge >= 0.3 is 12.1 Å². The van der Waals surface area contributed by atoms with Crippen LogP contribution in [0.3, 0.4) is 0 Å². The van der Waals surface area contributed by atoms with Gasteiger partial charge in [-0.15, -0.1) is 0 Å². The third kappa shape index (κ3) is 14.2. The highest BCUT2D eigenvalue weighted by atomic mass is 17.5. The van der Waals surface area contributed by atoms with Gasteiger partial charge in [0.25, 0.3) is 0 Å². The minimum atomic E-state index is -1.03. The second-order valence-corrected chi connectivity index (χ2v) is 9.84. The van der Waals surface area contributed by atoms with Crippen molar-refractivity contribution in [1.29, 1.82) is 0 Å². The normalized spacial score (nSPS) is 10.8. The van der Waals surface area contributed by atoms with Crippen LogP contribution in [0, 0.1) is 0 Å². The van der Waals surface area contributed by atoms with E-state index >= 15 is 0 Å². The van der Waals surface area contributed by atoms with Crippen molar-refractivity contribution in [3.8, 4) is 11.1 Å². The maximum absolute atomic E-state index is 12.4. The number of unbranched alkanes of at least 4 members (excludes halogenated alkanes) is 15. The summed E-state index contributed by atoms with van der Waals surface area (Å²) in [6, 6.07) is 16.4. The zero-order chi connectivity index (χ0) is 27.1. The third-order valence-electron chi connectivity index (χ3n) is 6.66. The smallest absolute Gasteiger partial charge is 0.432 e. The van der Waals surface area contributed by atoms with Crippen molar-refractivity contribution in [1.82, 2.24) is 0 Å². The van der Waals surface area contributed by atoms with Gasteiger partial charge in [0.05, 0.1) is 17.2 Å². The highest BCUT2D eigenvalue weighted by Crippen LogP contribution is 2.24. The second kappa shape index (κ2) is 21.1. The van der Waals surface area contributed by atoms with Crippen LogP contribution in [0.4, 0.5) is 4.79 Å². The van der Waals surface area contributed by atoms with E-state index < -0.39 is 12.1 Å². The first-order chi connectivity index (χ1) is 18.7. The van der Waals surface area contributed by atoms with Crippen molar-refractivity contribution in [2.75, 3.05) is 6.61 Å². The first-order valence-corrected chi connectivity index (χ1v) is 14.6. The van der Waals surface area contributed by atoms with Crippen LogP contribution in [-0.2, 0) is 19.6 Å². The molecule has 0 saturated carbocycles. The van der Waals surface area contributed by atoms with Crippen LogP contribution in [0.2, 0.25) is 0 Å². The molecule has 0 unspecified atom stereocenters. The van der Waals surface area contributed by atoms with Gasteiger partial charge in [-0.1, -0.05) is 152 Å². The van der Waals surface area contributed by atoms with Gasteiger partial charge in [0.1, 0.15) is 0 Å². The molecule has 0 spiro atoms. The van der Waals surface area contributed by atoms with Crippen LogP contribution in [0.25, 0.3) is 11.1 Å². The molecule has 0 aromatic heterocycles. The maximum atomic E-state index is 12.4. The SMILES string of the molecule is CCCCCCCCCCCCCCCCCCOC(=O)OOOC(=O)c1ccccc1-c1ccccc1. The topological polar surface area (TPSA) is 71.1 Å². The molecule has 210 valence electrons. The predicted molar refractivity (Wildman–Crippen MR) is 150 cm³/mol. The average molecular weight is 527 g/mol. The van der Waals surface area contributed by atoms with Gasteiger partial charge in [0.15, 0.2) is 0 Å². The van der Waals surface area contributed by atoms with E-state index in [0.717, 1.165) is 24.8 Å². The molecule has 0 aliphatic heterocycles. The van der Waals surface area contributed by atoms with E-state index in [2.05, 4.69) is 21.7 Å². The predicted octanol–water partition coefficient (Wildman–Crippen LogP) is 9.77. The van der Waals surface area contributed by atoms with Crippen LogP contribution in [0.1, 0.15) is 120 Å². The zero-order valence-electron chi connectivity index (χ0n) is 23.2. The summed E-state index contributed by atoms with van der Waals surface area (Å²) in [5.41, 5.74) is 1.84. The van der Waals surface area contributed by atoms with Crippen molar-refractivity contribution in [3.63, 3.8) is 0 Å². The van der Waals surface area contributed by atoms with Crippen molar-refractivity contribution >= 4 is 12.1 Å². The Bertz CT molecular complexity index is 883. The van der Waals surface area contributed by atoms with E-state index in [1.54, 1.807) is 18.2 Å². The number of hydrogen-bond donors (Lipinski definition) is 0. The van der Waals surface area contributed by atoms with Crippen molar-refractivity contribution in [2.24, 2.45) is 0 Å². The van der Waals surface area contributed by atoms with E-state index in [0.29, 0.717) is 11.1 Å². The number of rotatable bonds is 21. The molecule has 0 atom stereocenters. The van der Waals surface area contributed by atoms with E-state index in [-0.39, 0.29) is 6.61 Å². The number of carbonyl (C=O) groups is 2. The Balaban J connectivity index is 1.41. The van der Waals surface area contributed by atoms with Crippen LogP contribution in [0.5, 0.6) is 0 Å². The summed E-state index contributed by atoms with van der Waals surface area (Å²) in [6.07, 6.45) is 19.5. The van der Waals surface area contributed by atoms with Gasteiger partial charge in [-0.25, -0.2) is 14.5 Å². The van der Waals surface area contributed by atoms with Gasteiger partial charge in [-0.3, -0.25) is 4.89 Å². The molecule has 0 radical (unpaired) electrons. The van der Waals surface area contributed by atoms with Crippen LogP contribution >= 0.6 is 0 Å². The molecule has 0 amide bonds.